The molecule has 0 aliphatic heterocycles. The van der Waals surface area contributed by atoms with Gasteiger partial charge in [0.05, 0.1) is 0 Å². The molecule has 1 heterocycles. The Bertz CT molecular complexity index is 456. The molecule has 2 rings (SSSR count). The maximum atomic E-state index is 11.8. The van der Waals surface area contributed by atoms with E-state index in [1.165, 1.54) is 4.90 Å². The van der Waals surface area contributed by atoms with Crippen molar-refractivity contribution in [1.29, 1.82) is 0 Å². The maximum Gasteiger partial charge on any atom is 0.272 e. The van der Waals surface area contributed by atoms with E-state index in [1.807, 2.05) is 6.07 Å². The van der Waals surface area contributed by atoms with Gasteiger partial charge < -0.3 is 15.3 Å². The van der Waals surface area contributed by atoms with Crippen LogP contribution in [0.4, 0.5) is 5.69 Å². The zero-order chi connectivity index (χ0) is 13.9. The number of hydrogen-bond donors (Lipinski definition) is 2. The van der Waals surface area contributed by atoms with Crippen molar-refractivity contribution in [1.82, 2.24) is 9.88 Å². The summed E-state index contributed by atoms with van der Waals surface area (Å²) in [6.45, 7) is 1.08. The van der Waals surface area contributed by atoms with Gasteiger partial charge in [-0.25, -0.2) is 0 Å². The first-order valence-corrected chi connectivity index (χ1v) is 6.59. The lowest BCUT2D eigenvalue weighted by Gasteiger charge is -2.16. The molecular formula is C14H21N3O2. The van der Waals surface area contributed by atoms with Crippen LogP contribution in [0.1, 0.15) is 29.8 Å². The summed E-state index contributed by atoms with van der Waals surface area (Å²) in [5, 5.41) is 12.4. The van der Waals surface area contributed by atoms with E-state index >= 15 is 0 Å². The zero-order valence-corrected chi connectivity index (χ0v) is 11.5. The topological polar surface area (TPSA) is 65.5 Å². The molecule has 1 aliphatic carbocycles. The fourth-order valence-corrected chi connectivity index (χ4v) is 2.11. The van der Waals surface area contributed by atoms with Crippen LogP contribution in [0.15, 0.2) is 18.3 Å². The number of carbonyl (C=O) groups is 1. The van der Waals surface area contributed by atoms with Crippen LogP contribution in [0.3, 0.4) is 0 Å². The predicted molar refractivity (Wildman–Crippen MR) is 74.1 cm³/mol. The lowest BCUT2D eigenvalue weighted by atomic mass is 10.0. The number of hydrogen-bond acceptors (Lipinski definition) is 4. The molecule has 0 atom stereocenters. The van der Waals surface area contributed by atoms with Gasteiger partial charge in [-0.1, -0.05) is 0 Å². The average molecular weight is 263 g/mol. The Morgan fingerprint density at radius 2 is 2.26 bits per heavy atom. The third-order valence-electron chi connectivity index (χ3n) is 3.65. The van der Waals surface area contributed by atoms with Crippen molar-refractivity contribution in [2.24, 2.45) is 5.41 Å². The first-order valence-electron chi connectivity index (χ1n) is 6.59. The van der Waals surface area contributed by atoms with E-state index in [4.69, 9.17) is 5.11 Å². The van der Waals surface area contributed by atoms with Crippen molar-refractivity contribution < 1.29 is 9.90 Å². The molecule has 0 radical (unpaired) electrons. The predicted octanol–water partition coefficient (Wildman–Crippen LogP) is 1.36. The van der Waals surface area contributed by atoms with E-state index < -0.39 is 0 Å². The van der Waals surface area contributed by atoms with Gasteiger partial charge >= 0.3 is 0 Å². The molecule has 0 spiro atoms. The molecule has 0 bridgehead atoms. The molecule has 1 aromatic rings. The van der Waals surface area contributed by atoms with E-state index in [1.54, 1.807) is 26.4 Å². The summed E-state index contributed by atoms with van der Waals surface area (Å²) in [7, 11) is 3.43. The lowest BCUT2D eigenvalue weighted by Crippen LogP contribution is -2.23. The fraction of sp³-hybridized carbons (Fsp3) is 0.571. The molecule has 0 aromatic carbocycles. The third-order valence-corrected chi connectivity index (χ3v) is 3.65. The molecule has 2 N–H and O–H groups in total. The van der Waals surface area contributed by atoms with Crippen LogP contribution in [0.2, 0.25) is 0 Å². The number of nitrogens with zero attached hydrogens (tertiary/aromatic N) is 2. The van der Waals surface area contributed by atoms with Gasteiger partial charge in [0, 0.05) is 39.1 Å². The van der Waals surface area contributed by atoms with Gasteiger partial charge in [0.2, 0.25) is 0 Å². The second kappa shape index (κ2) is 5.57. The highest BCUT2D eigenvalue weighted by Gasteiger charge is 2.41. The largest absolute Gasteiger partial charge is 0.396 e. The minimum Gasteiger partial charge on any atom is -0.396 e. The molecule has 1 amide bonds. The van der Waals surface area contributed by atoms with Gasteiger partial charge in [0.25, 0.3) is 5.91 Å². The van der Waals surface area contributed by atoms with Crippen LogP contribution in [0.25, 0.3) is 0 Å². The zero-order valence-electron chi connectivity index (χ0n) is 11.5. The smallest absolute Gasteiger partial charge is 0.272 e. The highest BCUT2D eigenvalue weighted by atomic mass is 16.3. The highest BCUT2D eigenvalue weighted by Crippen LogP contribution is 2.48. The van der Waals surface area contributed by atoms with Gasteiger partial charge in [-0.3, -0.25) is 9.78 Å². The number of aromatic nitrogens is 1. The maximum absolute atomic E-state index is 11.8. The number of nitrogens with one attached hydrogen (secondary N) is 1. The number of aliphatic hydroxyl groups is 1. The SMILES string of the molecule is CN(C)C(=O)c1cc(NCC2(CCO)CC2)ccn1. The van der Waals surface area contributed by atoms with Gasteiger partial charge in [0.1, 0.15) is 5.69 Å². The monoisotopic (exact) mass is 263 g/mol. The molecule has 1 aliphatic rings. The number of carbonyl (C=O) groups excluding carboxylic acids is 1. The Labute approximate surface area is 113 Å². The summed E-state index contributed by atoms with van der Waals surface area (Å²) in [5.41, 5.74) is 1.61. The molecule has 104 valence electrons. The molecule has 1 aromatic heterocycles. The van der Waals surface area contributed by atoms with Crippen LogP contribution >= 0.6 is 0 Å². The fourth-order valence-electron chi connectivity index (χ4n) is 2.11. The molecule has 0 unspecified atom stereocenters. The van der Waals surface area contributed by atoms with Crippen LogP contribution in [-0.2, 0) is 0 Å². The van der Waals surface area contributed by atoms with Crippen molar-refractivity contribution >= 4 is 11.6 Å². The Morgan fingerprint density at radius 1 is 1.53 bits per heavy atom. The van der Waals surface area contributed by atoms with Gasteiger partial charge in [0.15, 0.2) is 0 Å². The van der Waals surface area contributed by atoms with Crippen LogP contribution in [0.5, 0.6) is 0 Å². The Hall–Kier alpha value is -1.62. The average Bonchev–Trinajstić information content (AvgIpc) is 3.16. The van der Waals surface area contributed by atoms with Gasteiger partial charge in [-0.05, 0) is 36.8 Å². The summed E-state index contributed by atoms with van der Waals surface area (Å²) in [6.07, 6.45) is 4.81. The molecule has 5 nitrogen and oxygen atoms in total. The summed E-state index contributed by atoms with van der Waals surface area (Å²) in [6, 6.07) is 3.64. The molecule has 0 saturated heterocycles. The molecule has 5 heteroatoms. The number of aliphatic hydroxyl groups excluding tert-OH is 1. The lowest BCUT2D eigenvalue weighted by molar-refractivity contribution is 0.0822. The van der Waals surface area contributed by atoms with E-state index in [2.05, 4.69) is 10.3 Å². The molecule has 19 heavy (non-hydrogen) atoms. The van der Waals surface area contributed by atoms with Crippen molar-refractivity contribution in [3.05, 3.63) is 24.0 Å². The Kier molecular flexibility index (Phi) is 4.04. The quantitative estimate of drug-likeness (QED) is 0.813. The normalized spacial score (nSPS) is 15.9. The highest BCUT2D eigenvalue weighted by molar-refractivity contribution is 5.92. The Morgan fingerprint density at radius 3 is 2.84 bits per heavy atom. The minimum absolute atomic E-state index is 0.0971. The van der Waals surface area contributed by atoms with Crippen LogP contribution < -0.4 is 5.32 Å². The third kappa shape index (κ3) is 3.44. The molecule has 1 saturated carbocycles. The van der Waals surface area contributed by atoms with Crippen LogP contribution in [-0.4, -0.2) is 48.1 Å². The van der Waals surface area contributed by atoms with E-state index in [0.717, 1.165) is 31.5 Å². The first kappa shape index (κ1) is 13.8. The van der Waals surface area contributed by atoms with Crippen LogP contribution in [0, 0.1) is 5.41 Å². The summed E-state index contributed by atoms with van der Waals surface area (Å²) >= 11 is 0. The van der Waals surface area contributed by atoms with Gasteiger partial charge in [-0.2, -0.15) is 0 Å². The molecular weight excluding hydrogens is 242 g/mol. The Balaban J connectivity index is 1.98. The first-order chi connectivity index (χ1) is 9.06. The van der Waals surface area contributed by atoms with Crippen molar-refractivity contribution in [3.63, 3.8) is 0 Å². The molecule has 1 fully saturated rings. The summed E-state index contributed by atoms with van der Waals surface area (Å²) in [4.78, 5) is 17.4. The summed E-state index contributed by atoms with van der Waals surface area (Å²) < 4.78 is 0. The minimum atomic E-state index is -0.0971. The van der Waals surface area contributed by atoms with Crippen molar-refractivity contribution in [3.8, 4) is 0 Å². The summed E-state index contributed by atoms with van der Waals surface area (Å²) in [5.74, 6) is -0.0971. The van der Waals surface area contributed by atoms with E-state index in [0.29, 0.717) is 5.69 Å². The number of rotatable bonds is 6. The number of anilines is 1. The van der Waals surface area contributed by atoms with Gasteiger partial charge in [-0.15, -0.1) is 0 Å². The van der Waals surface area contributed by atoms with E-state index in [9.17, 15) is 4.79 Å². The number of amides is 1. The van der Waals surface area contributed by atoms with Crippen molar-refractivity contribution in [2.75, 3.05) is 32.6 Å². The second-order valence-corrected chi connectivity index (χ2v) is 5.46. The second-order valence-electron chi connectivity index (χ2n) is 5.46. The standard InChI is InChI=1S/C14H21N3O2/c1-17(2)13(19)12-9-11(3-7-15-12)16-10-14(4-5-14)6-8-18/h3,7,9,18H,4-6,8,10H2,1-2H3,(H,15,16). The number of pyridine rings is 1. The van der Waals surface area contributed by atoms with E-state index in [-0.39, 0.29) is 17.9 Å². The van der Waals surface area contributed by atoms with Crippen molar-refractivity contribution in [2.45, 2.75) is 19.3 Å².